The number of hydrogen-bond acceptors (Lipinski definition) is 4. The molecule has 0 aromatic heterocycles. The third-order valence-electron chi connectivity index (χ3n) is 3.65. The summed E-state index contributed by atoms with van der Waals surface area (Å²) in [4.78, 5) is 35.4. The average Bonchev–Trinajstić information content (AvgIpc) is 2.65. The molecule has 6 nitrogen and oxygen atoms in total. The van der Waals surface area contributed by atoms with Crippen molar-refractivity contribution in [2.75, 3.05) is 18.5 Å². The molecule has 154 valence electrons. The van der Waals surface area contributed by atoms with Gasteiger partial charge in [0, 0.05) is 5.56 Å². The number of anilines is 1. The van der Waals surface area contributed by atoms with Crippen molar-refractivity contribution >= 4 is 35.1 Å². The van der Waals surface area contributed by atoms with Gasteiger partial charge in [0.05, 0.1) is 16.3 Å². The molecule has 2 N–H and O–H groups in total. The molecule has 0 aliphatic carbocycles. The molecule has 2 aromatic rings. The van der Waals surface area contributed by atoms with Crippen LogP contribution in [0.3, 0.4) is 0 Å². The van der Waals surface area contributed by atoms with Crippen LogP contribution in [-0.4, -0.2) is 30.9 Å². The Morgan fingerprint density at radius 1 is 1.07 bits per heavy atom. The molecule has 0 radical (unpaired) electrons. The van der Waals surface area contributed by atoms with E-state index < -0.39 is 48.4 Å². The van der Waals surface area contributed by atoms with Gasteiger partial charge in [0.15, 0.2) is 6.61 Å². The van der Waals surface area contributed by atoms with Crippen LogP contribution in [0.2, 0.25) is 5.02 Å². The smallest absolute Gasteiger partial charge is 0.418 e. The molecular formula is C19H16ClF3N2O4. The summed E-state index contributed by atoms with van der Waals surface area (Å²) in [5.41, 5.74) is -0.468. The van der Waals surface area contributed by atoms with E-state index in [0.717, 1.165) is 17.7 Å². The van der Waals surface area contributed by atoms with Crippen molar-refractivity contribution in [1.29, 1.82) is 0 Å². The van der Waals surface area contributed by atoms with Crippen molar-refractivity contribution in [3.05, 3.63) is 64.2 Å². The zero-order valence-electron chi connectivity index (χ0n) is 15.1. The van der Waals surface area contributed by atoms with Crippen LogP contribution < -0.4 is 10.6 Å². The average molecular weight is 429 g/mol. The molecular weight excluding hydrogens is 413 g/mol. The largest absolute Gasteiger partial charge is 0.454 e. The molecule has 0 bridgehead atoms. The lowest BCUT2D eigenvalue weighted by Gasteiger charge is -2.15. The Bertz CT molecular complexity index is 915. The highest BCUT2D eigenvalue weighted by Gasteiger charge is 2.34. The number of esters is 1. The highest BCUT2D eigenvalue weighted by molar-refractivity contribution is 6.34. The Hall–Kier alpha value is -3.07. The second-order valence-corrected chi connectivity index (χ2v) is 6.32. The summed E-state index contributed by atoms with van der Waals surface area (Å²) in [7, 11) is 0. The van der Waals surface area contributed by atoms with Crippen LogP contribution in [0, 0.1) is 6.92 Å². The van der Waals surface area contributed by atoms with E-state index in [1.807, 2.05) is 12.2 Å². The first-order chi connectivity index (χ1) is 13.6. The van der Waals surface area contributed by atoms with Gasteiger partial charge in [0.25, 0.3) is 11.8 Å². The molecule has 0 atom stereocenters. The van der Waals surface area contributed by atoms with E-state index in [1.165, 1.54) is 6.07 Å². The first-order valence-electron chi connectivity index (χ1n) is 8.24. The second-order valence-electron chi connectivity index (χ2n) is 5.92. The molecule has 0 saturated carbocycles. The number of amides is 2. The summed E-state index contributed by atoms with van der Waals surface area (Å²) in [5.74, 6) is -2.46. The second kappa shape index (κ2) is 9.42. The maximum atomic E-state index is 13.0. The fourth-order valence-electron chi connectivity index (χ4n) is 2.22. The van der Waals surface area contributed by atoms with E-state index in [9.17, 15) is 27.6 Å². The van der Waals surface area contributed by atoms with Gasteiger partial charge in [-0.2, -0.15) is 13.2 Å². The van der Waals surface area contributed by atoms with Crippen molar-refractivity contribution in [2.24, 2.45) is 0 Å². The molecule has 0 spiro atoms. The minimum absolute atomic E-state index is 0.315. The minimum Gasteiger partial charge on any atom is -0.454 e. The van der Waals surface area contributed by atoms with Gasteiger partial charge < -0.3 is 15.4 Å². The van der Waals surface area contributed by atoms with Gasteiger partial charge in [0.1, 0.15) is 6.54 Å². The third kappa shape index (κ3) is 6.49. The summed E-state index contributed by atoms with van der Waals surface area (Å²) >= 11 is 5.72. The first-order valence-corrected chi connectivity index (χ1v) is 8.62. The molecule has 2 aromatic carbocycles. The Kier molecular flexibility index (Phi) is 7.22. The number of benzene rings is 2. The lowest BCUT2D eigenvalue weighted by Crippen LogP contribution is -2.32. The topological polar surface area (TPSA) is 84.5 Å². The van der Waals surface area contributed by atoms with Crippen molar-refractivity contribution in [3.63, 3.8) is 0 Å². The molecule has 2 rings (SSSR count). The van der Waals surface area contributed by atoms with Gasteiger partial charge in [-0.1, -0.05) is 35.4 Å². The predicted octanol–water partition coefficient (Wildman–Crippen LogP) is 3.58. The van der Waals surface area contributed by atoms with Gasteiger partial charge in [-0.05, 0) is 31.2 Å². The van der Waals surface area contributed by atoms with E-state index in [0.29, 0.717) is 5.56 Å². The number of para-hydroxylation sites is 1. The molecule has 0 saturated heterocycles. The van der Waals surface area contributed by atoms with E-state index in [-0.39, 0.29) is 5.02 Å². The fraction of sp³-hybridized carbons (Fsp3) is 0.211. The number of hydrogen-bond donors (Lipinski definition) is 2. The maximum Gasteiger partial charge on any atom is 0.418 e. The highest BCUT2D eigenvalue weighted by Crippen LogP contribution is 2.38. The number of halogens is 4. The number of aryl methyl sites for hydroxylation is 1. The summed E-state index contributed by atoms with van der Waals surface area (Å²) in [6, 6.07) is 9.63. The quantitative estimate of drug-likeness (QED) is 0.689. The normalized spacial score (nSPS) is 10.9. The number of nitrogens with one attached hydrogen (secondary N) is 2. The van der Waals surface area contributed by atoms with E-state index >= 15 is 0 Å². The van der Waals surface area contributed by atoms with Gasteiger partial charge >= 0.3 is 12.1 Å². The monoisotopic (exact) mass is 428 g/mol. The molecule has 0 fully saturated rings. The van der Waals surface area contributed by atoms with Crippen LogP contribution in [0.5, 0.6) is 0 Å². The van der Waals surface area contributed by atoms with Gasteiger partial charge in [-0.3, -0.25) is 14.4 Å². The van der Waals surface area contributed by atoms with Crippen LogP contribution >= 0.6 is 11.6 Å². The van der Waals surface area contributed by atoms with E-state index in [2.05, 4.69) is 10.1 Å². The first kappa shape index (κ1) is 22.2. The van der Waals surface area contributed by atoms with Crippen molar-refractivity contribution in [1.82, 2.24) is 5.32 Å². The fourth-order valence-corrected chi connectivity index (χ4v) is 2.44. The van der Waals surface area contributed by atoms with Gasteiger partial charge in [-0.25, -0.2) is 0 Å². The number of carbonyl (C=O) groups is 3. The van der Waals surface area contributed by atoms with Gasteiger partial charge in [-0.15, -0.1) is 0 Å². The highest BCUT2D eigenvalue weighted by atomic mass is 35.5. The molecule has 0 unspecified atom stereocenters. The molecule has 0 heterocycles. The van der Waals surface area contributed by atoms with Crippen LogP contribution in [-0.2, 0) is 20.5 Å². The summed E-state index contributed by atoms with van der Waals surface area (Å²) < 4.78 is 43.6. The lowest BCUT2D eigenvalue weighted by atomic mass is 10.1. The molecule has 0 aliphatic heterocycles. The Labute approximate surface area is 169 Å². The molecule has 2 amide bonds. The van der Waals surface area contributed by atoms with E-state index in [4.69, 9.17) is 11.6 Å². The van der Waals surface area contributed by atoms with Crippen LogP contribution in [0.15, 0.2) is 42.5 Å². The standard InChI is InChI=1S/C19H16ClF3N2O4/c1-11-5-7-12(8-6-11)18(28)24-9-16(27)29-10-15(26)25-17-13(19(21,22)23)3-2-4-14(17)20/h2-8H,9-10H2,1H3,(H,24,28)(H,25,26). The van der Waals surface area contributed by atoms with E-state index in [1.54, 1.807) is 24.3 Å². The molecule has 0 aliphatic rings. The summed E-state index contributed by atoms with van der Waals surface area (Å²) in [6.07, 6.45) is -4.73. The zero-order chi connectivity index (χ0) is 21.6. The van der Waals surface area contributed by atoms with Crippen molar-refractivity contribution in [2.45, 2.75) is 13.1 Å². The number of ether oxygens (including phenoxy) is 1. The van der Waals surface area contributed by atoms with Crippen LogP contribution in [0.1, 0.15) is 21.5 Å². The zero-order valence-corrected chi connectivity index (χ0v) is 15.9. The number of alkyl halides is 3. The van der Waals surface area contributed by atoms with Crippen molar-refractivity contribution in [3.8, 4) is 0 Å². The summed E-state index contributed by atoms with van der Waals surface area (Å²) in [6.45, 7) is 0.492. The summed E-state index contributed by atoms with van der Waals surface area (Å²) in [5, 5.41) is 3.98. The number of rotatable bonds is 6. The Morgan fingerprint density at radius 3 is 2.34 bits per heavy atom. The minimum atomic E-state index is -4.73. The Balaban J connectivity index is 1.86. The SMILES string of the molecule is Cc1ccc(C(=O)NCC(=O)OCC(=O)Nc2c(Cl)cccc2C(F)(F)F)cc1. The Morgan fingerprint density at radius 2 is 1.72 bits per heavy atom. The maximum absolute atomic E-state index is 13.0. The molecule has 10 heteroatoms. The van der Waals surface area contributed by atoms with Crippen LogP contribution in [0.4, 0.5) is 18.9 Å². The lowest BCUT2D eigenvalue weighted by molar-refractivity contribution is -0.146. The van der Waals surface area contributed by atoms with Crippen LogP contribution in [0.25, 0.3) is 0 Å². The molecule has 29 heavy (non-hydrogen) atoms. The number of carbonyl (C=O) groups excluding carboxylic acids is 3. The third-order valence-corrected chi connectivity index (χ3v) is 3.97. The van der Waals surface area contributed by atoms with Gasteiger partial charge in [0.2, 0.25) is 0 Å². The predicted molar refractivity (Wildman–Crippen MR) is 99.6 cm³/mol. The van der Waals surface area contributed by atoms with Crippen molar-refractivity contribution < 1.29 is 32.3 Å².